The number of benzene rings is 1. The third-order valence-corrected chi connectivity index (χ3v) is 4.35. The predicted octanol–water partition coefficient (Wildman–Crippen LogP) is 2.57. The molecule has 0 unspecified atom stereocenters. The topological polar surface area (TPSA) is 41.1 Å². The van der Waals surface area contributed by atoms with Gasteiger partial charge in [0.1, 0.15) is 0 Å². The van der Waals surface area contributed by atoms with E-state index < -0.39 is 11.6 Å². The van der Waals surface area contributed by atoms with Gasteiger partial charge in [-0.25, -0.2) is 8.78 Å². The fraction of sp³-hybridized carbons (Fsp3) is 0.562. The van der Waals surface area contributed by atoms with Gasteiger partial charge in [0.15, 0.2) is 11.6 Å². The summed E-state index contributed by atoms with van der Waals surface area (Å²) in [5.41, 5.74) is 0.566. The first-order valence-electron chi connectivity index (χ1n) is 7.63. The first-order valence-corrected chi connectivity index (χ1v) is 7.63. The number of amides is 1. The van der Waals surface area contributed by atoms with Gasteiger partial charge in [-0.15, -0.1) is 0 Å². The van der Waals surface area contributed by atoms with Gasteiger partial charge in [-0.1, -0.05) is 0 Å². The molecule has 0 atom stereocenters. The number of piperidine rings is 1. The lowest BCUT2D eigenvalue weighted by atomic mass is 9.88. The van der Waals surface area contributed by atoms with Crippen molar-refractivity contribution in [3.8, 4) is 0 Å². The molecule has 5 heteroatoms. The molecule has 1 aliphatic carbocycles. The molecule has 0 aromatic heterocycles. The van der Waals surface area contributed by atoms with Crippen molar-refractivity contribution in [2.24, 2.45) is 5.92 Å². The van der Waals surface area contributed by atoms with E-state index in [1.165, 1.54) is 6.07 Å². The molecule has 1 aromatic rings. The zero-order chi connectivity index (χ0) is 14.8. The summed E-state index contributed by atoms with van der Waals surface area (Å²) in [6.45, 7) is 2.22. The van der Waals surface area contributed by atoms with Crippen LogP contribution in [0.2, 0.25) is 0 Å². The second kappa shape index (κ2) is 6.10. The van der Waals surface area contributed by atoms with Gasteiger partial charge >= 0.3 is 0 Å². The molecule has 1 aliphatic heterocycles. The third kappa shape index (κ3) is 3.40. The Balaban J connectivity index is 1.79. The van der Waals surface area contributed by atoms with E-state index in [2.05, 4.69) is 10.6 Å². The number of rotatable bonds is 4. The van der Waals surface area contributed by atoms with Gasteiger partial charge in [0.2, 0.25) is 0 Å². The van der Waals surface area contributed by atoms with Crippen molar-refractivity contribution in [2.75, 3.05) is 19.6 Å². The molecule has 0 bridgehead atoms. The molecular formula is C16H20F2N2O. The van der Waals surface area contributed by atoms with Gasteiger partial charge in [0.25, 0.3) is 5.91 Å². The van der Waals surface area contributed by atoms with Crippen LogP contribution in [0.15, 0.2) is 12.1 Å². The summed E-state index contributed by atoms with van der Waals surface area (Å²) < 4.78 is 27.8. The molecule has 114 valence electrons. The van der Waals surface area contributed by atoms with Gasteiger partial charge < -0.3 is 10.6 Å². The highest BCUT2D eigenvalue weighted by Crippen LogP contribution is 2.30. The summed E-state index contributed by atoms with van der Waals surface area (Å²) in [4.78, 5) is 12.1. The van der Waals surface area contributed by atoms with Crippen LogP contribution in [0.1, 0.15) is 47.5 Å². The van der Waals surface area contributed by atoms with Crippen LogP contribution >= 0.6 is 0 Å². The monoisotopic (exact) mass is 294 g/mol. The van der Waals surface area contributed by atoms with Gasteiger partial charge in [-0.05, 0) is 68.3 Å². The van der Waals surface area contributed by atoms with Crippen molar-refractivity contribution >= 4 is 5.91 Å². The summed E-state index contributed by atoms with van der Waals surface area (Å²) in [5.74, 6) is -1.50. The Morgan fingerprint density at radius 3 is 2.57 bits per heavy atom. The molecule has 0 spiro atoms. The van der Waals surface area contributed by atoms with Crippen molar-refractivity contribution in [3.05, 3.63) is 34.9 Å². The summed E-state index contributed by atoms with van der Waals surface area (Å²) in [6, 6.07) is 2.53. The molecule has 2 fully saturated rings. The number of carbonyl (C=O) groups is 1. The molecule has 1 aromatic carbocycles. The van der Waals surface area contributed by atoms with E-state index in [0.29, 0.717) is 18.0 Å². The van der Waals surface area contributed by atoms with E-state index in [0.717, 1.165) is 44.8 Å². The fourth-order valence-electron chi connectivity index (χ4n) is 2.83. The molecule has 3 rings (SSSR count). The number of hydrogen-bond acceptors (Lipinski definition) is 2. The van der Waals surface area contributed by atoms with Crippen LogP contribution < -0.4 is 10.6 Å². The van der Waals surface area contributed by atoms with Crippen LogP contribution in [0.5, 0.6) is 0 Å². The maximum absolute atomic E-state index is 14.0. The van der Waals surface area contributed by atoms with Crippen molar-refractivity contribution < 1.29 is 13.6 Å². The van der Waals surface area contributed by atoms with Gasteiger partial charge in [-0.2, -0.15) is 0 Å². The highest BCUT2D eigenvalue weighted by atomic mass is 19.2. The lowest BCUT2D eigenvalue weighted by Crippen LogP contribution is -2.28. The smallest absolute Gasteiger partial charge is 0.251 e. The SMILES string of the molecule is O=C(NCC1CC1)c1cc(F)c(F)c(C2CCNCC2)c1. The van der Waals surface area contributed by atoms with Crippen LogP contribution in [0, 0.1) is 17.6 Å². The molecular weight excluding hydrogens is 274 g/mol. The second-order valence-corrected chi connectivity index (χ2v) is 6.04. The first-order chi connectivity index (χ1) is 10.1. The number of hydrogen-bond donors (Lipinski definition) is 2. The maximum Gasteiger partial charge on any atom is 0.251 e. The van der Waals surface area contributed by atoms with E-state index in [-0.39, 0.29) is 17.4 Å². The zero-order valence-corrected chi connectivity index (χ0v) is 11.9. The Morgan fingerprint density at radius 2 is 1.90 bits per heavy atom. The highest BCUT2D eigenvalue weighted by molar-refractivity contribution is 5.94. The van der Waals surface area contributed by atoms with Crippen LogP contribution in [-0.2, 0) is 0 Å². The quantitative estimate of drug-likeness (QED) is 0.896. The van der Waals surface area contributed by atoms with Crippen molar-refractivity contribution in [3.63, 3.8) is 0 Å². The number of carbonyl (C=O) groups excluding carboxylic acids is 1. The van der Waals surface area contributed by atoms with Crippen molar-refractivity contribution in [1.29, 1.82) is 0 Å². The largest absolute Gasteiger partial charge is 0.352 e. The van der Waals surface area contributed by atoms with E-state index >= 15 is 0 Å². The molecule has 0 radical (unpaired) electrons. The Hall–Kier alpha value is -1.49. The molecule has 3 nitrogen and oxygen atoms in total. The minimum Gasteiger partial charge on any atom is -0.352 e. The standard InChI is InChI=1S/C16H20F2N2O/c17-14-8-12(16(21)20-9-10-1-2-10)7-13(15(14)18)11-3-5-19-6-4-11/h7-8,10-11,19H,1-6,9H2,(H,20,21). The normalized spacial score (nSPS) is 19.5. The van der Waals surface area contributed by atoms with Crippen molar-refractivity contribution in [2.45, 2.75) is 31.6 Å². The molecule has 1 amide bonds. The summed E-state index contributed by atoms with van der Waals surface area (Å²) in [6.07, 6.45) is 3.81. The van der Waals surface area contributed by atoms with Crippen LogP contribution in [0.4, 0.5) is 8.78 Å². The molecule has 1 heterocycles. The molecule has 1 saturated heterocycles. The van der Waals surface area contributed by atoms with Gasteiger partial charge in [-0.3, -0.25) is 4.79 Å². The summed E-state index contributed by atoms with van der Waals surface area (Å²) >= 11 is 0. The lowest BCUT2D eigenvalue weighted by Gasteiger charge is -2.24. The summed E-state index contributed by atoms with van der Waals surface area (Å²) in [7, 11) is 0. The Bertz CT molecular complexity index is 537. The Labute approximate surface area is 123 Å². The second-order valence-electron chi connectivity index (χ2n) is 6.04. The average Bonchev–Trinajstić information content (AvgIpc) is 3.32. The average molecular weight is 294 g/mol. The minimum atomic E-state index is -0.928. The third-order valence-electron chi connectivity index (χ3n) is 4.35. The maximum atomic E-state index is 14.0. The predicted molar refractivity (Wildman–Crippen MR) is 76.3 cm³/mol. The Morgan fingerprint density at radius 1 is 1.19 bits per heavy atom. The van der Waals surface area contributed by atoms with E-state index in [9.17, 15) is 13.6 Å². The van der Waals surface area contributed by atoms with E-state index in [1.807, 2.05) is 0 Å². The van der Waals surface area contributed by atoms with Crippen LogP contribution in [-0.4, -0.2) is 25.5 Å². The van der Waals surface area contributed by atoms with E-state index in [1.54, 1.807) is 0 Å². The molecule has 2 aliphatic rings. The molecule has 1 saturated carbocycles. The fourth-order valence-corrected chi connectivity index (χ4v) is 2.83. The van der Waals surface area contributed by atoms with Gasteiger partial charge in [0, 0.05) is 12.1 Å². The first kappa shape index (κ1) is 14.4. The lowest BCUT2D eigenvalue weighted by molar-refractivity contribution is 0.0951. The van der Waals surface area contributed by atoms with Crippen LogP contribution in [0.3, 0.4) is 0 Å². The van der Waals surface area contributed by atoms with Gasteiger partial charge in [0.05, 0.1) is 0 Å². The van der Waals surface area contributed by atoms with E-state index in [4.69, 9.17) is 0 Å². The minimum absolute atomic E-state index is 0.0167. The number of nitrogens with one attached hydrogen (secondary N) is 2. The van der Waals surface area contributed by atoms with Crippen molar-refractivity contribution in [1.82, 2.24) is 10.6 Å². The number of halogens is 2. The Kier molecular flexibility index (Phi) is 4.19. The zero-order valence-electron chi connectivity index (χ0n) is 11.9. The molecule has 2 N–H and O–H groups in total. The highest BCUT2D eigenvalue weighted by Gasteiger charge is 2.25. The summed E-state index contributed by atoms with van der Waals surface area (Å²) in [5, 5.41) is 6.00. The van der Waals surface area contributed by atoms with Crippen LogP contribution in [0.25, 0.3) is 0 Å². The molecule has 21 heavy (non-hydrogen) atoms.